The van der Waals surface area contributed by atoms with Crippen LogP contribution in [-0.4, -0.2) is 18.0 Å². The van der Waals surface area contributed by atoms with E-state index in [0.29, 0.717) is 5.02 Å². The van der Waals surface area contributed by atoms with E-state index in [1.165, 1.54) is 12.1 Å². The molecule has 124 valence electrons. The molecule has 5 nitrogen and oxygen atoms in total. The third-order valence-corrected chi connectivity index (χ3v) is 5.46. The maximum Gasteiger partial charge on any atom is 0.241 e. The van der Waals surface area contributed by atoms with E-state index >= 15 is 0 Å². The zero-order chi connectivity index (χ0) is 17.2. The molecule has 0 saturated carbocycles. The first kappa shape index (κ1) is 16.7. The van der Waals surface area contributed by atoms with Gasteiger partial charge in [-0.15, -0.1) is 0 Å². The Morgan fingerprint density at radius 1 is 1.08 bits per heavy atom. The first-order valence-electron chi connectivity index (χ1n) is 7.32. The predicted molar refractivity (Wildman–Crippen MR) is 93.8 cm³/mol. The summed E-state index contributed by atoms with van der Waals surface area (Å²) in [5.74, 6) is 0. The van der Waals surface area contributed by atoms with Crippen LogP contribution in [0.4, 0.5) is 0 Å². The standard InChI is InChI=1S/C17H16ClN3O2S/c1-13(20-24(22,23)17-8-4-15(18)5-9-17)14-2-6-16(7-3-14)21-11-10-19-12-21/h2-13,20H,1H3/t13-/m1/s1. The summed E-state index contributed by atoms with van der Waals surface area (Å²) in [6, 6.07) is 13.4. The number of benzene rings is 2. The largest absolute Gasteiger partial charge is 0.306 e. The molecule has 0 aliphatic heterocycles. The molecule has 0 spiro atoms. The number of rotatable bonds is 5. The molecule has 0 bridgehead atoms. The van der Waals surface area contributed by atoms with Gasteiger partial charge in [-0.2, -0.15) is 0 Å². The van der Waals surface area contributed by atoms with Gasteiger partial charge in [-0.1, -0.05) is 23.7 Å². The molecule has 0 fully saturated rings. The molecule has 0 unspecified atom stereocenters. The van der Waals surface area contributed by atoms with Crippen LogP contribution in [0.25, 0.3) is 5.69 Å². The quantitative estimate of drug-likeness (QED) is 0.755. The van der Waals surface area contributed by atoms with Crippen LogP contribution < -0.4 is 4.72 Å². The summed E-state index contributed by atoms with van der Waals surface area (Å²) in [5, 5.41) is 0.497. The Balaban J connectivity index is 1.76. The van der Waals surface area contributed by atoms with Crippen molar-refractivity contribution in [2.75, 3.05) is 0 Å². The topological polar surface area (TPSA) is 64.0 Å². The summed E-state index contributed by atoms with van der Waals surface area (Å²) >= 11 is 5.80. The van der Waals surface area contributed by atoms with Crippen molar-refractivity contribution in [1.82, 2.24) is 14.3 Å². The molecule has 7 heteroatoms. The summed E-state index contributed by atoms with van der Waals surface area (Å²) < 4.78 is 29.4. The summed E-state index contributed by atoms with van der Waals surface area (Å²) in [6.45, 7) is 1.81. The van der Waals surface area contributed by atoms with Gasteiger partial charge in [0.1, 0.15) is 0 Å². The van der Waals surface area contributed by atoms with Crippen LogP contribution in [0.5, 0.6) is 0 Å². The minimum Gasteiger partial charge on any atom is -0.306 e. The molecule has 1 heterocycles. The molecule has 0 amide bonds. The molecule has 0 radical (unpaired) electrons. The van der Waals surface area contributed by atoms with E-state index in [9.17, 15) is 8.42 Å². The van der Waals surface area contributed by atoms with Crippen molar-refractivity contribution in [3.05, 3.63) is 77.8 Å². The van der Waals surface area contributed by atoms with Gasteiger partial charge >= 0.3 is 0 Å². The van der Waals surface area contributed by atoms with E-state index in [1.807, 2.05) is 35.0 Å². The number of hydrogen-bond acceptors (Lipinski definition) is 3. The molecule has 24 heavy (non-hydrogen) atoms. The van der Waals surface area contributed by atoms with Gasteiger partial charge in [0, 0.05) is 29.1 Å². The summed E-state index contributed by atoms with van der Waals surface area (Å²) in [4.78, 5) is 4.19. The van der Waals surface area contributed by atoms with E-state index in [1.54, 1.807) is 31.6 Å². The number of imidazole rings is 1. The molecule has 1 aromatic heterocycles. The molecule has 2 aromatic carbocycles. The molecule has 3 aromatic rings. The van der Waals surface area contributed by atoms with Gasteiger partial charge in [0.15, 0.2) is 0 Å². The van der Waals surface area contributed by atoms with Crippen LogP contribution in [0.15, 0.2) is 72.1 Å². The van der Waals surface area contributed by atoms with Crippen LogP contribution in [0.1, 0.15) is 18.5 Å². The lowest BCUT2D eigenvalue weighted by atomic mass is 10.1. The smallest absolute Gasteiger partial charge is 0.241 e. The Labute approximate surface area is 146 Å². The van der Waals surface area contributed by atoms with E-state index in [-0.39, 0.29) is 10.9 Å². The van der Waals surface area contributed by atoms with Crippen LogP contribution in [0, 0.1) is 0 Å². The van der Waals surface area contributed by atoms with Gasteiger partial charge < -0.3 is 4.57 Å². The van der Waals surface area contributed by atoms with Crippen LogP contribution >= 0.6 is 11.6 Å². The molecule has 0 aliphatic rings. The lowest BCUT2D eigenvalue weighted by molar-refractivity contribution is 0.567. The van der Waals surface area contributed by atoms with Crippen LogP contribution in [0.2, 0.25) is 5.02 Å². The van der Waals surface area contributed by atoms with Crippen molar-refractivity contribution in [1.29, 1.82) is 0 Å². The Morgan fingerprint density at radius 2 is 1.75 bits per heavy atom. The molecule has 0 aliphatic carbocycles. The Morgan fingerprint density at radius 3 is 2.33 bits per heavy atom. The normalized spacial score (nSPS) is 12.9. The lowest BCUT2D eigenvalue weighted by Crippen LogP contribution is -2.26. The van der Waals surface area contributed by atoms with Crippen LogP contribution in [-0.2, 0) is 10.0 Å². The van der Waals surface area contributed by atoms with Gasteiger partial charge in [0.25, 0.3) is 0 Å². The number of sulfonamides is 1. The minimum atomic E-state index is -3.60. The molecular formula is C17H16ClN3O2S. The van der Waals surface area contributed by atoms with Crippen molar-refractivity contribution in [3.8, 4) is 5.69 Å². The second-order valence-electron chi connectivity index (χ2n) is 5.36. The average molecular weight is 362 g/mol. The number of nitrogens with zero attached hydrogens (tertiary/aromatic N) is 2. The highest BCUT2D eigenvalue weighted by Crippen LogP contribution is 2.20. The Bertz CT molecular complexity index is 905. The third-order valence-electron chi connectivity index (χ3n) is 3.65. The van der Waals surface area contributed by atoms with Gasteiger partial charge in [-0.25, -0.2) is 18.1 Å². The third kappa shape index (κ3) is 3.67. The van der Waals surface area contributed by atoms with Gasteiger partial charge in [0.05, 0.1) is 11.2 Å². The minimum absolute atomic E-state index is 0.189. The Kier molecular flexibility index (Phi) is 4.71. The molecule has 0 saturated heterocycles. The van der Waals surface area contributed by atoms with Gasteiger partial charge in [-0.05, 0) is 48.9 Å². The van der Waals surface area contributed by atoms with E-state index in [2.05, 4.69) is 9.71 Å². The van der Waals surface area contributed by atoms with E-state index in [4.69, 9.17) is 11.6 Å². The number of hydrogen-bond donors (Lipinski definition) is 1. The van der Waals surface area contributed by atoms with Crippen molar-refractivity contribution in [2.24, 2.45) is 0 Å². The first-order chi connectivity index (χ1) is 11.5. The lowest BCUT2D eigenvalue weighted by Gasteiger charge is -2.15. The number of aromatic nitrogens is 2. The monoisotopic (exact) mass is 361 g/mol. The maximum absolute atomic E-state index is 12.4. The van der Waals surface area contributed by atoms with Crippen molar-refractivity contribution < 1.29 is 8.42 Å². The predicted octanol–water partition coefficient (Wildman–Crippen LogP) is 3.57. The van der Waals surface area contributed by atoms with Crippen molar-refractivity contribution in [3.63, 3.8) is 0 Å². The average Bonchev–Trinajstić information content (AvgIpc) is 3.09. The number of nitrogens with one attached hydrogen (secondary N) is 1. The van der Waals surface area contributed by atoms with Crippen molar-refractivity contribution in [2.45, 2.75) is 17.9 Å². The molecule has 1 atom stereocenters. The Hall–Kier alpha value is -2.15. The molecular weight excluding hydrogens is 346 g/mol. The second kappa shape index (κ2) is 6.76. The highest BCUT2D eigenvalue weighted by atomic mass is 35.5. The maximum atomic E-state index is 12.4. The van der Waals surface area contributed by atoms with Crippen LogP contribution in [0.3, 0.4) is 0 Å². The van der Waals surface area contributed by atoms with Gasteiger partial charge in [0.2, 0.25) is 10.0 Å². The fourth-order valence-corrected chi connectivity index (χ4v) is 3.69. The second-order valence-corrected chi connectivity index (χ2v) is 7.51. The zero-order valence-corrected chi connectivity index (χ0v) is 14.5. The SMILES string of the molecule is C[C@@H](NS(=O)(=O)c1ccc(Cl)cc1)c1ccc(-n2ccnc2)cc1. The fraction of sp³-hybridized carbons (Fsp3) is 0.118. The summed E-state index contributed by atoms with van der Waals surface area (Å²) in [5.41, 5.74) is 1.83. The highest BCUT2D eigenvalue weighted by Gasteiger charge is 2.18. The van der Waals surface area contributed by atoms with Gasteiger partial charge in [-0.3, -0.25) is 0 Å². The summed E-state index contributed by atoms with van der Waals surface area (Å²) in [6.07, 6.45) is 5.26. The fourth-order valence-electron chi connectivity index (χ4n) is 2.33. The molecule has 1 N–H and O–H groups in total. The van der Waals surface area contributed by atoms with E-state index < -0.39 is 10.0 Å². The number of halogens is 1. The first-order valence-corrected chi connectivity index (χ1v) is 9.18. The van der Waals surface area contributed by atoms with E-state index in [0.717, 1.165) is 11.3 Å². The molecule has 3 rings (SSSR count). The summed E-state index contributed by atoms with van der Waals surface area (Å²) in [7, 11) is -3.60. The highest BCUT2D eigenvalue weighted by molar-refractivity contribution is 7.89. The zero-order valence-electron chi connectivity index (χ0n) is 12.9. The van der Waals surface area contributed by atoms with Crippen molar-refractivity contribution >= 4 is 21.6 Å².